The van der Waals surface area contributed by atoms with E-state index in [2.05, 4.69) is 5.32 Å². The second kappa shape index (κ2) is 9.78. The summed E-state index contributed by atoms with van der Waals surface area (Å²) in [6.45, 7) is -0.0944. The molecule has 0 saturated carbocycles. The SMILES string of the molecule is COc1ccc(/C=C/C(=O)N(C)CC(=O)Nc2ccccc2SC)cc1F. The van der Waals surface area contributed by atoms with Crippen molar-refractivity contribution in [1.29, 1.82) is 0 Å². The summed E-state index contributed by atoms with van der Waals surface area (Å²) < 4.78 is 18.5. The number of hydrogen-bond acceptors (Lipinski definition) is 4. The lowest BCUT2D eigenvalue weighted by molar-refractivity contribution is -0.129. The number of rotatable bonds is 7. The number of halogens is 1. The first kappa shape index (κ1) is 20.5. The number of amides is 2. The molecule has 2 amide bonds. The minimum absolute atomic E-state index is 0.0944. The average Bonchev–Trinajstić information content (AvgIpc) is 2.66. The van der Waals surface area contributed by atoms with E-state index in [-0.39, 0.29) is 24.1 Å². The summed E-state index contributed by atoms with van der Waals surface area (Å²) >= 11 is 1.53. The van der Waals surface area contributed by atoms with E-state index in [1.807, 2.05) is 30.5 Å². The van der Waals surface area contributed by atoms with E-state index in [0.29, 0.717) is 11.3 Å². The maximum Gasteiger partial charge on any atom is 0.246 e. The summed E-state index contributed by atoms with van der Waals surface area (Å²) in [4.78, 5) is 26.6. The van der Waals surface area contributed by atoms with Gasteiger partial charge in [0.05, 0.1) is 19.3 Å². The van der Waals surface area contributed by atoms with E-state index in [1.54, 1.807) is 6.07 Å². The maximum absolute atomic E-state index is 13.7. The first-order valence-electron chi connectivity index (χ1n) is 8.14. The lowest BCUT2D eigenvalue weighted by atomic mass is 10.2. The number of carbonyl (C=O) groups excluding carboxylic acids is 2. The molecule has 0 saturated heterocycles. The molecule has 0 unspecified atom stereocenters. The molecule has 7 heteroatoms. The van der Waals surface area contributed by atoms with Gasteiger partial charge in [-0.3, -0.25) is 9.59 Å². The fourth-order valence-corrected chi connectivity index (χ4v) is 2.87. The van der Waals surface area contributed by atoms with Gasteiger partial charge in [-0.25, -0.2) is 4.39 Å². The molecule has 27 heavy (non-hydrogen) atoms. The molecular weight excluding hydrogens is 367 g/mol. The fourth-order valence-electron chi connectivity index (χ4n) is 2.31. The first-order chi connectivity index (χ1) is 12.9. The van der Waals surface area contributed by atoms with Crippen molar-refractivity contribution in [3.8, 4) is 5.75 Å². The average molecular weight is 388 g/mol. The number of anilines is 1. The van der Waals surface area contributed by atoms with Gasteiger partial charge in [-0.2, -0.15) is 0 Å². The number of methoxy groups -OCH3 is 1. The minimum atomic E-state index is -0.507. The predicted molar refractivity (Wildman–Crippen MR) is 106 cm³/mol. The van der Waals surface area contributed by atoms with Crippen molar-refractivity contribution >= 4 is 35.3 Å². The molecule has 0 heterocycles. The molecule has 2 rings (SSSR count). The molecule has 1 N–H and O–H groups in total. The van der Waals surface area contributed by atoms with Gasteiger partial charge < -0.3 is 15.0 Å². The number of nitrogens with one attached hydrogen (secondary N) is 1. The van der Waals surface area contributed by atoms with E-state index in [4.69, 9.17) is 4.74 Å². The Morgan fingerprint density at radius 2 is 2.00 bits per heavy atom. The quantitative estimate of drug-likeness (QED) is 0.581. The van der Waals surface area contributed by atoms with Gasteiger partial charge in [0.1, 0.15) is 0 Å². The van der Waals surface area contributed by atoms with Crippen LogP contribution in [0.1, 0.15) is 5.56 Å². The number of thioether (sulfide) groups is 1. The molecule has 0 aliphatic carbocycles. The Labute approximate surface area is 162 Å². The van der Waals surface area contributed by atoms with Crippen molar-refractivity contribution in [2.75, 3.05) is 32.3 Å². The Bertz CT molecular complexity index is 855. The van der Waals surface area contributed by atoms with E-state index in [1.165, 1.54) is 55.1 Å². The summed E-state index contributed by atoms with van der Waals surface area (Å²) in [5.74, 6) is -1.03. The third-order valence-electron chi connectivity index (χ3n) is 3.73. The Morgan fingerprint density at radius 1 is 1.26 bits per heavy atom. The lowest BCUT2D eigenvalue weighted by Gasteiger charge is -2.16. The van der Waals surface area contributed by atoms with Gasteiger partial charge >= 0.3 is 0 Å². The van der Waals surface area contributed by atoms with Crippen LogP contribution in [0.4, 0.5) is 10.1 Å². The number of benzene rings is 2. The summed E-state index contributed by atoms with van der Waals surface area (Å²) in [7, 11) is 2.91. The fraction of sp³-hybridized carbons (Fsp3) is 0.200. The second-order valence-corrected chi connectivity index (χ2v) is 6.52. The van der Waals surface area contributed by atoms with Gasteiger partial charge in [0.2, 0.25) is 11.8 Å². The topological polar surface area (TPSA) is 58.6 Å². The van der Waals surface area contributed by atoms with Gasteiger partial charge in [-0.05, 0) is 42.2 Å². The standard InChI is InChI=1S/C20H21FN2O3S/c1-23(13-19(24)22-16-6-4-5-7-18(16)27-3)20(25)11-9-14-8-10-17(26-2)15(21)12-14/h4-12H,13H2,1-3H3,(H,22,24)/b11-9+. The van der Waals surface area contributed by atoms with Crippen molar-refractivity contribution in [2.24, 2.45) is 0 Å². The predicted octanol–water partition coefficient (Wildman–Crippen LogP) is 3.67. The molecule has 0 atom stereocenters. The molecular formula is C20H21FN2O3S. The zero-order chi connectivity index (χ0) is 19.8. The molecule has 5 nitrogen and oxygen atoms in total. The summed E-state index contributed by atoms with van der Waals surface area (Å²) in [6.07, 6.45) is 4.71. The van der Waals surface area contributed by atoms with Crippen LogP contribution in [0.3, 0.4) is 0 Å². The van der Waals surface area contributed by atoms with Gasteiger partial charge in [0, 0.05) is 18.0 Å². The number of nitrogens with zero attached hydrogens (tertiary/aromatic N) is 1. The molecule has 0 spiro atoms. The van der Waals surface area contributed by atoms with Crippen LogP contribution in [-0.2, 0) is 9.59 Å². The van der Waals surface area contributed by atoms with Crippen molar-refractivity contribution in [3.05, 3.63) is 59.9 Å². The monoisotopic (exact) mass is 388 g/mol. The molecule has 0 radical (unpaired) electrons. The van der Waals surface area contributed by atoms with Crippen LogP contribution in [0.25, 0.3) is 6.08 Å². The van der Waals surface area contributed by atoms with Crippen LogP contribution in [-0.4, -0.2) is 43.7 Å². The second-order valence-electron chi connectivity index (χ2n) is 5.67. The summed E-state index contributed by atoms with van der Waals surface area (Å²) in [5, 5.41) is 2.80. The van der Waals surface area contributed by atoms with Crippen molar-refractivity contribution in [1.82, 2.24) is 4.90 Å². The highest BCUT2D eigenvalue weighted by atomic mass is 32.2. The molecule has 0 bridgehead atoms. The Morgan fingerprint density at radius 3 is 2.67 bits per heavy atom. The van der Waals surface area contributed by atoms with Gasteiger partial charge in [-0.1, -0.05) is 18.2 Å². The van der Waals surface area contributed by atoms with Gasteiger partial charge in [0.25, 0.3) is 0 Å². The van der Waals surface area contributed by atoms with E-state index in [9.17, 15) is 14.0 Å². The summed E-state index contributed by atoms with van der Waals surface area (Å²) in [6, 6.07) is 11.8. The molecule has 0 aromatic heterocycles. The number of para-hydroxylation sites is 1. The van der Waals surface area contributed by atoms with Crippen LogP contribution in [0.5, 0.6) is 5.75 Å². The highest BCUT2D eigenvalue weighted by Gasteiger charge is 2.12. The molecule has 0 aliphatic heterocycles. The first-order valence-corrected chi connectivity index (χ1v) is 9.36. The van der Waals surface area contributed by atoms with Gasteiger partial charge in [-0.15, -0.1) is 11.8 Å². The van der Waals surface area contributed by atoms with Gasteiger partial charge in [0.15, 0.2) is 11.6 Å². The third kappa shape index (κ3) is 5.86. The summed E-state index contributed by atoms with van der Waals surface area (Å²) in [5.41, 5.74) is 1.23. The molecule has 142 valence electrons. The van der Waals surface area contributed by atoms with Crippen LogP contribution < -0.4 is 10.1 Å². The highest BCUT2D eigenvalue weighted by Crippen LogP contribution is 2.24. The number of ether oxygens (including phenoxy) is 1. The maximum atomic E-state index is 13.7. The van der Waals surface area contributed by atoms with E-state index < -0.39 is 5.82 Å². The van der Waals surface area contributed by atoms with Crippen LogP contribution in [0.15, 0.2) is 53.4 Å². The third-order valence-corrected chi connectivity index (χ3v) is 4.53. The van der Waals surface area contributed by atoms with Crippen molar-refractivity contribution < 1.29 is 18.7 Å². The number of carbonyl (C=O) groups is 2. The minimum Gasteiger partial charge on any atom is -0.494 e. The number of hydrogen-bond donors (Lipinski definition) is 1. The molecule has 0 aliphatic rings. The van der Waals surface area contributed by atoms with E-state index in [0.717, 1.165) is 4.90 Å². The largest absolute Gasteiger partial charge is 0.494 e. The van der Waals surface area contributed by atoms with Crippen molar-refractivity contribution in [3.63, 3.8) is 0 Å². The highest BCUT2D eigenvalue weighted by molar-refractivity contribution is 7.98. The Balaban J connectivity index is 1.94. The molecule has 0 fully saturated rings. The number of likely N-dealkylation sites (N-methyl/N-ethyl adjacent to an activating group) is 1. The van der Waals surface area contributed by atoms with Crippen molar-refractivity contribution in [2.45, 2.75) is 4.90 Å². The smallest absolute Gasteiger partial charge is 0.246 e. The molecule has 2 aromatic carbocycles. The zero-order valence-electron chi connectivity index (χ0n) is 15.4. The van der Waals surface area contributed by atoms with Crippen LogP contribution in [0.2, 0.25) is 0 Å². The normalized spacial score (nSPS) is 10.7. The lowest BCUT2D eigenvalue weighted by Crippen LogP contribution is -2.33. The zero-order valence-corrected chi connectivity index (χ0v) is 16.2. The Kier molecular flexibility index (Phi) is 7.43. The van der Waals surface area contributed by atoms with E-state index >= 15 is 0 Å². The van der Waals surface area contributed by atoms with Crippen LogP contribution in [0, 0.1) is 5.82 Å². The van der Waals surface area contributed by atoms with Crippen LogP contribution >= 0.6 is 11.8 Å². The Hall–Kier alpha value is -2.80. The molecule has 2 aromatic rings.